The van der Waals surface area contributed by atoms with E-state index in [1.807, 2.05) is 0 Å². The van der Waals surface area contributed by atoms with Crippen molar-refractivity contribution < 1.29 is 9.18 Å². The van der Waals surface area contributed by atoms with Crippen LogP contribution >= 0.6 is 0 Å². The monoisotopic (exact) mass is 434 g/mol. The number of carbonyl (C=O) groups excluding carboxylic acids is 1. The molecule has 0 saturated heterocycles. The minimum absolute atomic E-state index is 0.0194. The molecule has 0 atom stereocenters. The second-order valence-electron chi connectivity index (χ2n) is 8.21. The number of hydrogen-bond acceptors (Lipinski definition) is 7. The molecular formula is C22H23FN8O. The summed E-state index contributed by atoms with van der Waals surface area (Å²) in [4.78, 5) is 24.9. The summed E-state index contributed by atoms with van der Waals surface area (Å²) < 4.78 is 14.2. The molecule has 1 aromatic carbocycles. The van der Waals surface area contributed by atoms with E-state index < -0.39 is 11.7 Å². The Bertz CT molecular complexity index is 1200. The van der Waals surface area contributed by atoms with Crippen molar-refractivity contribution in [3.8, 4) is 0 Å². The Hall–Kier alpha value is -3.69. The predicted octanol–water partition coefficient (Wildman–Crippen LogP) is 2.77. The van der Waals surface area contributed by atoms with Crippen molar-refractivity contribution in [2.24, 2.45) is 13.0 Å². The summed E-state index contributed by atoms with van der Waals surface area (Å²) in [5, 5.41) is 15.0. The summed E-state index contributed by atoms with van der Waals surface area (Å²) in [6.45, 7) is 3.09. The molecule has 0 unspecified atom stereocenters. The molecular weight excluding hydrogens is 411 g/mol. The average molecular weight is 434 g/mol. The van der Waals surface area contributed by atoms with Gasteiger partial charge in [0.2, 0.25) is 0 Å². The molecule has 5 rings (SSSR count). The van der Waals surface area contributed by atoms with Gasteiger partial charge in [0.25, 0.3) is 11.9 Å². The SMILES string of the molecule is Cc1cccc(C(=O)Nc2cnc(C3=C(C4CC4)CCN(c4nnn(C)n4)C3)cn2)c1F. The molecule has 1 fully saturated rings. The lowest BCUT2D eigenvalue weighted by Gasteiger charge is -2.29. The zero-order valence-electron chi connectivity index (χ0n) is 17.9. The summed E-state index contributed by atoms with van der Waals surface area (Å²) in [5.41, 5.74) is 3.70. The highest BCUT2D eigenvalue weighted by atomic mass is 19.1. The Labute approximate surface area is 184 Å². The third-order valence-corrected chi connectivity index (χ3v) is 5.88. The number of carbonyl (C=O) groups is 1. The van der Waals surface area contributed by atoms with Crippen LogP contribution in [0, 0.1) is 18.7 Å². The standard InChI is InChI=1S/C22H23FN8O/c1-13-4-3-5-16(20(13)23)21(32)26-19-11-24-18(10-25-19)17-12-31(22-27-29-30(2)28-22)9-8-15(17)14-6-7-14/h3-5,10-11,14H,6-9,12H2,1-2H3,(H,25,26,32). The lowest BCUT2D eigenvalue weighted by Crippen LogP contribution is -2.33. The van der Waals surface area contributed by atoms with E-state index in [0.717, 1.165) is 24.2 Å². The number of aromatic nitrogens is 6. The van der Waals surface area contributed by atoms with Gasteiger partial charge in [-0.1, -0.05) is 22.8 Å². The van der Waals surface area contributed by atoms with Gasteiger partial charge in [0.1, 0.15) is 5.82 Å². The Morgan fingerprint density at radius 3 is 2.75 bits per heavy atom. The fraction of sp³-hybridized carbons (Fsp3) is 0.364. The Morgan fingerprint density at radius 1 is 1.22 bits per heavy atom. The fourth-order valence-electron chi connectivity index (χ4n) is 4.03. The minimum atomic E-state index is -0.552. The lowest BCUT2D eigenvalue weighted by atomic mass is 9.94. The number of nitrogens with zero attached hydrogens (tertiary/aromatic N) is 7. The van der Waals surface area contributed by atoms with Crippen LogP contribution in [-0.4, -0.2) is 49.2 Å². The maximum absolute atomic E-state index is 14.2. The van der Waals surface area contributed by atoms with Crippen LogP contribution in [0.4, 0.5) is 16.2 Å². The number of halogens is 1. The highest BCUT2D eigenvalue weighted by Gasteiger charge is 2.33. The van der Waals surface area contributed by atoms with Gasteiger partial charge in [-0.05, 0) is 54.5 Å². The van der Waals surface area contributed by atoms with Crippen molar-refractivity contribution in [3.05, 3.63) is 58.8 Å². The average Bonchev–Trinajstić information content (AvgIpc) is 3.55. The predicted molar refractivity (Wildman–Crippen MR) is 116 cm³/mol. The molecule has 0 spiro atoms. The van der Waals surface area contributed by atoms with E-state index >= 15 is 0 Å². The van der Waals surface area contributed by atoms with E-state index in [1.165, 1.54) is 35.5 Å². The van der Waals surface area contributed by atoms with E-state index in [9.17, 15) is 9.18 Å². The van der Waals surface area contributed by atoms with Gasteiger partial charge in [-0.15, -0.1) is 5.10 Å². The van der Waals surface area contributed by atoms with Gasteiger partial charge < -0.3 is 10.2 Å². The molecule has 1 N–H and O–H groups in total. The Balaban J connectivity index is 1.37. The number of aryl methyl sites for hydroxylation is 2. The van der Waals surface area contributed by atoms with Crippen LogP contribution in [0.15, 0.2) is 36.2 Å². The summed E-state index contributed by atoms with van der Waals surface area (Å²) in [5.74, 6) is 0.387. The van der Waals surface area contributed by atoms with Crippen molar-refractivity contribution in [1.29, 1.82) is 0 Å². The first-order valence-electron chi connectivity index (χ1n) is 10.6. The van der Waals surface area contributed by atoms with Gasteiger partial charge in [0.05, 0.1) is 30.7 Å². The second-order valence-corrected chi connectivity index (χ2v) is 8.21. The number of nitrogens with one attached hydrogen (secondary N) is 1. The number of hydrogen-bond donors (Lipinski definition) is 1. The second kappa shape index (κ2) is 8.10. The van der Waals surface area contributed by atoms with Gasteiger partial charge in [-0.3, -0.25) is 9.78 Å². The van der Waals surface area contributed by atoms with Crippen LogP contribution < -0.4 is 10.2 Å². The number of amides is 1. The van der Waals surface area contributed by atoms with E-state index in [2.05, 4.69) is 35.6 Å². The van der Waals surface area contributed by atoms with Crippen LogP contribution in [-0.2, 0) is 7.05 Å². The van der Waals surface area contributed by atoms with Gasteiger partial charge in [0, 0.05) is 13.1 Å². The molecule has 2 aliphatic rings. The van der Waals surface area contributed by atoms with E-state index in [1.54, 1.807) is 32.3 Å². The van der Waals surface area contributed by atoms with Gasteiger partial charge in [0.15, 0.2) is 5.82 Å². The molecule has 10 heteroatoms. The normalized spacial score (nSPS) is 16.4. The van der Waals surface area contributed by atoms with Gasteiger partial charge in [-0.2, -0.15) is 4.80 Å². The van der Waals surface area contributed by atoms with Crippen molar-refractivity contribution >= 4 is 23.2 Å². The number of benzene rings is 1. The topological polar surface area (TPSA) is 102 Å². The van der Waals surface area contributed by atoms with Crippen LogP contribution in [0.1, 0.15) is 40.9 Å². The first-order chi connectivity index (χ1) is 15.5. The summed E-state index contributed by atoms with van der Waals surface area (Å²) >= 11 is 0. The summed E-state index contributed by atoms with van der Waals surface area (Å²) in [6.07, 6.45) is 6.49. The van der Waals surface area contributed by atoms with E-state index in [0.29, 0.717) is 24.0 Å². The lowest BCUT2D eigenvalue weighted by molar-refractivity contribution is 0.102. The zero-order valence-corrected chi connectivity index (χ0v) is 17.9. The number of tetrazole rings is 1. The molecule has 1 amide bonds. The van der Waals surface area contributed by atoms with Crippen LogP contribution in [0.3, 0.4) is 0 Å². The quantitative estimate of drug-likeness (QED) is 0.659. The van der Waals surface area contributed by atoms with Gasteiger partial charge >= 0.3 is 0 Å². The van der Waals surface area contributed by atoms with Crippen LogP contribution in [0.5, 0.6) is 0 Å². The fourth-order valence-corrected chi connectivity index (χ4v) is 4.03. The molecule has 9 nitrogen and oxygen atoms in total. The highest BCUT2D eigenvalue weighted by Crippen LogP contribution is 2.43. The Morgan fingerprint density at radius 2 is 2.06 bits per heavy atom. The summed E-state index contributed by atoms with van der Waals surface area (Å²) in [7, 11) is 1.74. The van der Waals surface area contributed by atoms with E-state index in [-0.39, 0.29) is 11.4 Å². The highest BCUT2D eigenvalue weighted by molar-refractivity contribution is 6.04. The van der Waals surface area contributed by atoms with Gasteiger partial charge in [-0.25, -0.2) is 9.37 Å². The maximum atomic E-state index is 14.2. The van der Waals surface area contributed by atoms with E-state index in [4.69, 9.17) is 0 Å². The number of anilines is 2. The third-order valence-electron chi connectivity index (χ3n) is 5.88. The molecule has 164 valence electrons. The first kappa shape index (κ1) is 20.2. The van der Waals surface area contributed by atoms with Crippen molar-refractivity contribution in [3.63, 3.8) is 0 Å². The molecule has 3 heterocycles. The summed E-state index contributed by atoms with van der Waals surface area (Å²) in [6, 6.07) is 4.72. The third kappa shape index (κ3) is 3.95. The molecule has 1 aliphatic carbocycles. The van der Waals surface area contributed by atoms with Crippen molar-refractivity contribution in [2.45, 2.75) is 26.2 Å². The largest absolute Gasteiger partial charge is 0.333 e. The molecule has 0 bridgehead atoms. The zero-order chi connectivity index (χ0) is 22.2. The maximum Gasteiger partial charge on any atom is 0.266 e. The minimum Gasteiger partial charge on any atom is -0.333 e. The first-order valence-corrected chi connectivity index (χ1v) is 10.6. The van der Waals surface area contributed by atoms with Crippen LogP contribution in [0.25, 0.3) is 5.57 Å². The molecule has 3 aromatic rings. The smallest absolute Gasteiger partial charge is 0.266 e. The Kier molecular flexibility index (Phi) is 5.12. The molecule has 1 saturated carbocycles. The molecule has 0 radical (unpaired) electrons. The molecule has 32 heavy (non-hydrogen) atoms. The molecule has 1 aliphatic heterocycles. The van der Waals surface area contributed by atoms with Crippen molar-refractivity contribution in [2.75, 3.05) is 23.3 Å². The molecule has 2 aromatic heterocycles. The van der Waals surface area contributed by atoms with Crippen LogP contribution in [0.2, 0.25) is 0 Å². The van der Waals surface area contributed by atoms with Crippen molar-refractivity contribution in [1.82, 2.24) is 30.2 Å². The number of rotatable bonds is 5.